The maximum absolute atomic E-state index is 5.45. The number of methoxy groups -OCH3 is 1. The maximum Gasteiger partial charge on any atom is 0.161 e. The molecule has 0 saturated heterocycles. The first-order valence-corrected chi connectivity index (χ1v) is 7.89. The van der Waals surface area contributed by atoms with Gasteiger partial charge in [0, 0.05) is 21.3 Å². The Hall–Kier alpha value is -0.850. The molecule has 0 amide bonds. The predicted octanol–water partition coefficient (Wildman–Crippen LogP) is 3.43. The molecule has 0 aromatic carbocycles. The Bertz CT molecular complexity index is 538. The number of aromatic nitrogens is 2. The fourth-order valence-corrected chi connectivity index (χ4v) is 3.67. The Kier molecular flexibility index (Phi) is 5.01. The van der Waals surface area contributed by atoms with Crippen LogP contribution in [0.5, 0.6) is 5.75 Å². The van der Waals surface area contributed by atoms with Crippen molar-refractivity contribution >= 4 is 27.3 Å². The van der Waals surface area contributed by atoms with Gasteiger partial charge in [-0.3, -0.25) is 4.68 Å². The van der Waals surface area contributed by atoms with Crippen LogP contribution in [0.25, 0.3) is 0 Å². The van der Waals surface area contributed by atoms with Crippen LogP contribution in [0.3, 0.4) is 0 Å². The summed E-state index contributed by atoms with van der Waals surface area (Å²) in [6.07, 6.45) is 2.83. The van der Waals surface area contributed by atoms with Crippen molar-refractivity contribution in [3.05, 3.63) is 32.7 Å². The van der Waals surface area contributed by atoms with Crippen LogP contribution in [0.2, 0.25) is 0 Å². The van der Waals surface area contributed by atoms with Gasteiger partial charge in [-0.2, -0.15) is 5.10 Å². The highest BCUT2D eigenvalue weighted by Crippen LogP contribution is 2.34. The number of nitrogens with zero attached hydrogens (tertiary/aromatic N) is 2. The molecular weight excluding hydrogens is 326 g/mol. The number of ether oxygens (including phenoxy) is 1. The van der Waals surface area contributed by atoms with E-state index in [-0.39, 0.29) is 6.04 Å². The lowest BCUT2D eigenvalue weighted by Gasteiger charge is -2.18. The molecule has 19 heavy (non-hydrogen) atoms. The summed E-state index contributed by atoms with van der Waals surface area (Å²) < 4.78 is 8.58. The first-order chi connectivity index (χ1) is 9.21. The number of thiophene rings is 1. The average Bonchev–Trinajstić information content (AvgIpc) is 2.99. The molecule has 1 atom stereocenters. The smallest absolute Gasteiger partial charge is 0.161 e. The van der Waals surface area contributed by atoms with Gasteiger partial charge in [-0.25, -0.2) is 0 Å². The Morgan fingerprint density at radius 2 is 2.37 bits per heavy atom. The topological polar surface area (TPSA) is 39.1 Å². The van der Waals surface area contributed by atoms with Crippen molar-refractivity contribution in [1.29, 1.82) is 0 Å². The fraction of sp³-hybridized carbons (Fsp3) is 0.462. The number of aryl methyl sites for hydroxylation is 1. The van der Waals surface area contributed by atoms with Crippen LogP contribution < -0.4 is 10.1 Å². The van der Waals surface area contributed by atoms with Crippen molar-refractivity contribution in [2.24, 2.45) is 0 Å². The molecule has 0 aliphatic heterocycles. The van der Waals surface area contributed by atoms with Crippen LogP contribution in [0.4, 0.5) is 0 Å². The average molecular weight is 344 g/mol. The van der Waals surface area contributed by atoms with Crippen LogP contribution >= 0.6 is 27.3 Å². The van der Waals surface area contributed by atoms with Crippen molar-refractivity contribution in [2.45, 2.75) is 25.9 Å². The van der Waals surface area contributed by atoms with Crippen molar-refractivity contribution in [3.8, 4) is 5.75 Å². The van der Waals surface area contributed by atoms with Gasteiger partial charge in [-0.1, -0.05) is 6.92 Å². The minimum Gasteiger partial charge on any atom is -0.493 e. The summed E-state index contributed by atoms with van der Waals surface area (Å²) in [5.41, 5.74) is 1.08. The van der Waals surface area contributed by atoms with Gasteiger partial charge in [0.25, 0.3) is 0 Å². The summed E-state index contributed by atoms with van der Waals surface area (Å²) in [5, 5.41) is 9.87. The summed E-state index contributed by atoms with van der Waals surface area (Å²) in [4.78, 5) is 1.24. The van der Waals surface area contributed by atoms with Gasteiger partial charge in [-0.05, 0) is 35.5 Å². The van der Waals surface area contributed by atoms with Crippen LogP contribution in [0.15, 0.2) is 22.1 Å². The lowest BCUT2D eigenvalue weighted by molar-refractivity contribution is 0.400. The van der Waals surface area contributed by atoms with Crippen molar-refractivity contribution in [2.75, 3.05) is 14.2 Å². The first-order valence-electron chi connectivity index (χ1n) is 6.22. The molecule has 0 aliphatic carbocycles. The molecule has 0 fully saturated rings. The van der Waals surface area contributed by atoms with Gasteiger partial charge in [-0.15, -0.1) is 11.3 Å². The standard InChI is InChI=1S/C13H18BrN3OS/c1-4-5-17-13(10(18-3)7-16-17)12(15-2)11-6-9(14)8-19-11/h6-8,12,15H,4-5H2,1-3H3. The van der Waals surface area contributed by atoms with E-state index in [9.17, 15) is 0 Å². The molecule has 0 aliphatic rings. The SMILES string of the molecule is CCCn1ncc(OC)c1C(NC)c1cc(Br)cs1. The minimum atomic E-state index is 0.0975. The number of hydrogen-bond donors (Lipinski definition) is 1. The molecular formula is C13H18BrN3OS. The lowest BCUT2D eigenvalue weighted by atomic mass is 10.1. The van der Waals surface area contributed by atoms with Crippen molar-refractivity contribution < 1.29 is 4.74 Å². The van der Waals surface area contributed by atoms with Crippen LogP contribution in [-0.2, 0) is 6.54 Å². The van der Waals surface area contributed by atoms with Gasteiger partial charge in [0.05, 0.1) is 19.3 Å². The molecule has 2 rings (SSSR count). The molecule has 2 aromatic heterocycles. The number of hydrogen-bond acceptors (Lipinski definition) is 4. The zero-order chi connectivity index (χ0) is 13.8. The van der Waals surface area contributed by atoms with Gasteiger partial charge in [0.15, 0.2) is 5.75 Å². The zero-order valence-electron chi connectivity index (χ0n) is 11.3. The van der Waals surface area contributed by atoms with E-state index in [0.29, 0.717) is 0 Å². The molecule has 4 nitrogen and oxygen atoms in total. The van der Waals surface area contributed by atoms with E-state index in [1.165, 1.54) is 4.88 Å². The Morgan fingerprint density at radius 3 is 2.89 bits per heavy atom. The second-order valence-corrected chi connectivity index (χ2v) is 6.07. The first kappa shape index (κ1) is 14.6. The second-order valence-electron chi connectivity index (χ2n) is 4.21. The summed E-state index contributed by atoms with van der Waals surface area (Å²) in [7, 11) is 3.65. The fourth-order valence-electron chi connectivity index (χ4n) is 2.11. The Balaban J connectivity index is 2.44. The Morgan fingerprint density at radius 1 is 1.58 bits per heavy atom. The van der Waals surface area contributed by atoms with E-state index in [1.807, 2.05) is 11.7 Å². The van der Waals surface area contributed by atoms with Crippen LogP contribution in [-0.4, -0.2) is 23.9 Å². The number of halogens is 1. The molecule has 6 heteroatoms. The molecule has 2 heterocycles. The van der Waals surface area contributed by atoms with E-state index in [1.54, 1.807) is 24.6 Å². The van der Waals surface area contributed by atoms with Gasteiger partial charge >= 0.3 is 0 Å². The van der Waals surface area contributed by atoms with Crippen molar-refractivity contribution in [1.82, 2.24) is 15.1 Å². The van der Waals surface area contributed by atoms with E-state index in [0.717, 1.165) is 28.9 Å². The zero-order valence-corrected chi connectivity index (χ0v) is 13.7. The minimum absolute atomic E-state index is 0.0975. The summed E-state index contributed by atoms with van der Waals surface area (Å²) in [6.45, 7) is 3.04. The highest BCUT2D eigenvalue weighted by molar-refractivity contribution is 9.10. The van der Waals surface area contributed by atoms with Crippen LogP contribution in [0.1, 0.15) is 30.0 Å². The van der Waals surface area contributed by atoms with E-state index >= 15 is 0 Å². The van der Waals surface area contributed by atoms with Crippen molar-refractivity contribution in [3.63, 3.8) is 0 Å². The summed E-state index contributed by atoms with van der Waals surface area (Å²) in [5.74, 6) is 0.831. The molecule has 104 valence electrons. The third kappa shape index (κ3) is 3.01. The Labute approximate surface area is 125 Å². The van der Waals surface area contributed by atoms with E-state index in [2.05, 4.69) is 44.7 Å². The molecule has 0 radical (unpaired) electrons. The van der Waals surface area contributed by atoms with Gasteiger partial charge in [0.1, 0.15) is 5.69 Å². The maximum atomic E-state index is 5.45. The molecule has 0 saturated carbocycles. The van der Waals surface area contributed by atoms with Gasteiger partial charge in [0.2, 0.25) is 0 Å². The highest BCUT2D eigenvalue weighted by atomic mass is 79.9. The molecule has 1 unspecified atom stereocenters. The highest BCUT2D eigenvalue weighted by Gasteiger charge is 2.23. The summed E-state index contributed by atoms with van der Waals surface area (Å²) in [6, 6.07) is 2.23. The normalized spacial score (nSPS) is 12.6. The lowest BCUT2D eigenvalue weighted by Crippen LogP contribution is -2.21. The number of rotatable bonds is 6. The molecule has 1 N–H and O–H groups in total. The molecule has 2 aromatic rings. The molecule has 0 spiro atoms. The largest absolute Gasteiger partial charge is 0.493 e. The van der Waals surface area contributed by atoms with E-state index in [4.69, 9.17) is 4.74 Å². The third-order valence-corrected chi connectivity index (χ3v) is 4.69. The molecule has 0 bridgehead atoms. The number of nitrogens with one attached hydrogen (secondary N) is 1. The predicted molar refractivity (Wildman–Crippen MR) is 82.0 cm³/mol. The van der Waals surface area contributed by atoms with E-state index < -0.39 is 0 Å². The summed E-state index contributed by atoms with van der Waals surface area (Å²) >= 11 is 5.23. The quantitative estimate of drug-likeness (QED) is 0.873. The monoisotopic (exact) mass is 343 g/mol. The third-order valence-electron chi connectivity index (χ3n) is 2.93. The van der Waals surface area contributed by atoms with Gasteiger partial charge < -0.3 is 10.1 Å². The second kappa shape index (κ2) is 6.54. The van der Waals surface area contributed by atoms with Crippen LogP contribution in [0, 0.1) is 0 Å².